The molecule has 6 nitrogen and oxygen atoms in total. The largest absolute Gasteiger partial charge is 0.454 e. The summed E-state index contributed by atoms with van der Waals surface area (Å²) in [7, 11) is 0. The van der Waals surface area contributed by atoms with E-state index in [9.17, 15) is 9.59 Å². The number of hydrogen-bond donors (Lipinski definition) is 2. The number of amides is 2. The molecule has 2 rings (SSSR count). The highest BCUT2D eigenvalue weighted by atomic mass is 16.7. The summed E-state index contributed by atoms with van der Waals surface area (Å²) in [5.74, 6) is 0.367. The molecular formula is C12H12N2O4. The average Bonchev–Trinajstić information content (AvgIpc) is 2.81. The lowest BCUT2D eigenvalue weighted by Gasteiger charge is -1.99. The van der Waals surface area contributed by atoms with Crippen molar-refractivity contribution < 1.29 is 19.1 Å². The summed E-state index contributed by atoms with van der Waals surface area (Å²) in [6.07, 6.45) is 2.93. The van der Waals surface area contributed by atoms with Crippen molar-refractivity contribution in [1.82, 2.24) is 5.32 Å². The Labute approximate surface area is 103 Å². The van der Waals surface area contributed by atoms with Gasteiger partial charge in [-0.25, -0.2) is 0 Å². The van der Waals surface area contributed by atoms with Crippen molar-refractivity contribution in [3.05, 3.63) is 29.8 Å². The Morgan fingerprint density at radius 3 is 2.89 bits per heavy atom. The van der Waals surface area contributed by atoms with Gasteiger partial charge in [0, 0.05) is 6.08 Å². The van der Waals surface area contributed by atoms with Crippen molar-refractivity contribution in [2.75, 3.05) is 13.3 Å². The highest BCUT2D eigenvalue weighted by Gasteiger charge is 2.12. The normalized spacial score (nSPS) is 12.7. The van der Waals surface area contributed by atoms with Crippen LogP contribution in [0.15, 0.2) is 24.3 Å². The molecule has 0 fully saturated rings. The van der Waals surface area contributed by atoms with Crippen molar-refractivity contribution >= 4 is 17.9 Å². The van der Waals surface area contributed by atoms with E-state index in [4.69, 9.17) is 15.2 Å². The molecule has 1 aliphatic heterocycles. The van der Waals surface area contributed by atoms with Gasteiger partial charge in [0.15, 0.2) is 11.5 Å². The van der Waals surface area contributed by atoms with Gasteiger partial charge >= 0.3 is 0 Å². The summed E-state index contributed by atoms with van der Waals surface area (Å²) in [4.78, 5) is 21.8. The zero-order valence-corrected chi connectivity index (χ0v) is 9.51. The van der Waals surface area contributed by atoms with Gasteiger partial charge in [-0.05, 0) is 23.8 Å². The summed E-state index contributed by atoms with van der Waals surface area (Å²) >= 11 is 0. The molecule has 1 heterocycles. The lowest BCUT2D eigenvalue weighted by molar-refractivity contribution is -0.122. The quantitative estimate of drug-likeness (QED) is 0.735. The fraction of sp³-hybridized carbons (Fsp3) is 0.167. The second-order valence-electron chi connectivity index (χ2n) is 3.63. The first kappa shape index (κ1) is 12.0. The van der Waals surface area contributed by atoms with Crippen LogP contribution in [0.3, 0.4) is 0 Å². The zero-order valence-electron chi connectivity index (χ0n) is 9.51. The molecule has 0 spiro atoms. The van der Waals surface area contributed by atoms with Gasteiger partial charge in [-0.15, -0.1) is 0 Å². The minimum atomic E-state index is -0.583. The van der Waals surface area contributed by atoms with E-state index >= 15 is 0 Å². The molecule has 0 atom stereocenters. The van der Waals surface area contributed by atoms with Crippen LogP contribution >= 0.6 is 0 Å². The molecule has 0 saturated carbocycles. The van der Waals surface area contributed by atoms with E-state index in [1.165, 1.54) is 6.08 Å². The molecular weight excluding hydrogens is 236 g/mol. The van der Waals surface area contributed by atoms with Crippen LogP contribution in [-0.4, -0.2) is 25.2 Å². The molecule has 0 aliphatic carbocycles. The number of rotatable bonds is 4. The van der Waals surface area contributed by atoms with E-state index < -0.39 is 5.91 Å². The number of carbonyl (C=O) groups is 2. The third kappa shape index (κ3) is 3.00. The number of nitrogens with one attached hydrogen (secondary N) is 1. The standard InChI is InChI=1S/C12H12N2O4/c13-11(15)6-14-12(16)4-2-8-1-3-9-10(5-8)18-7-17-9/h1-5H,6-7H2,(H2,13,15)(H,14,16)/b4-2+. The number of ether oxygens (including phenoxy) is 2. The lowest BCUT2D eigenvalue weighted by Crippen LogP contribution is -2.32. The molecule has 0 unspecified atom stereocenters. The van der Waals surface area contributed by atoms with E-state index in [0.29, 0.717) is 11.5 Å². The Bertz CT molecular complexity index is 511. The van der Waals surface area contributed by atoms with Crippen LogP contribution in [0.4, 0.5) is 0 Å². The molecule has 2 amide bonds. The molecule has 18 heavy (non-hydrogen) atoms. The van der Waals surface area contributed by atoms with Crippen LogP contribution in [0.1, 0.15) is 5.56 Å². The van der Waals surface area contributed by atoms with Gasteiger partial charge in [0.2, 0.25) is 18.6 Å². The summed E-state index contributed by atoms with van der Waals surface area (Å²) < 4.78 is 10.4. The molecule has 0 radical (unpaired) electrons. The van der Waals surface area contributed by atoms with Crippen LogP contribution in [0.25, 0.3) is 6.08 Å². The van der Waals surface area contributed by atoms with Gasteiger partial charge in [-0.3, -0.25) is 9.59 Å². The fourth-order valence-electron chi connectivity index (χ4n) is 1.42. The average molecular weight is 248 g/mol. The van der Waals surface area contributed by atoms with Crippen molar-refractivity contribution in [2.45, 2.75) is 0 Å². The molecule has 0 saturated heterocycles. The number of nitrogens with two attached hydrogens (primary N) is 1. The minimum absolute atomic E-state index is 0.176. The van der Waals surface area contributed by atoms with E-state index in [0.717, 1.165) is 5.56 Å². The molecule has 1 aromatic carbocycles. The Morgan fingerprint density at radius 1 is 1.33 bits per heavy atom. The summed E-state index contributed by atoms with van der Waals surface area (Å²) in [6.45, 7) is 0.0336. The van der Waals surface area contributed by atoms with Crippen LogP contribution < -0.4 is 20.5 Å². The zero-order chi connectivity index (χ0) is 13.0. The molecule has 94 valence electrons. The monoisotopic (exact) mass is 248 g/mol. The Morgan fingerprint density at radius 2 is 2.11 bits per heavy atom. The number of benzene rings is 1. The van der Waals surface area contributed by atoms with Crippen molar-refractivity contribution in [3.8, 4) is 11.5 Å². The van der Waals surface area contributed by atoms with Gasteiger partial charge in [0.1, 0.15) is 0 Å². The smallest absolute Gasteiger partial charge is 0.244 e. The Kier molecular flexibility index (Phi) is 3.47. The van der Waals surface area contributed by atoms with E-state index in [2.05, 4.69) is 5.32 Å². The third-order valence-electron chi connectivity index (χ3n) is 2.26. The first-order valence-corrected chi connectivity index (χ1v) is 5.29. The first-order chi connectivity index (χ1) is 8.65. The fourth-order valence-corrected chi connectivity index (χ4v) is 1.42. The van der Waals surface area contributed by atoms with E-state index in [-0.39, 0.29) is 19.2 Å². The minimum Gasteiger partial charge on any atom is -0.454 e. The Balaban J connectivity index is 1.96. The number of fused-ring (bicyclic) bond motifs is 1. The van der Waals surface area contributed by atoms with Crippen LogP contribution in [0.5, 0.6) is 11.5 Å². The van der Waals surface area contributed by atoms with Crippen molar-refractivity contribution in [3.63, 3.8) is 0 Å². The Hall–Kier alpha value is -2.50. The second kappa shape index (κ2) is 5.22. The predicted octanol–water partition coefficient (Wildman–Crippen LogP) is 0.0300. The number of carbonyl (C=O) groups excluding carboxylic acids is 2. The molecule has 6 heteroatoms. The number of hydrogen-bond acceptors (Lipinski definition) is 4. The van der Waals surface area contributed by atoms with Gasteiger partial charge < -0.3 is 20.5 Å². The first-order valence-electron chi connectivity index (χ1n) is 5.29. The maximum atomic E-state index is 11.3. The van der Waals surface area contributed by atoms with E-state index in [1.54, 1.807) is 24.3 Å². The molecule has 0 bridgehead atoms. The maximum Gasteiger partial charge on any atom is 0.244 e. The predicted molar refractivity (Wildman–Crippen MR) is 63.8 cm³/mol. The summed E-state index contributed by atoms with van der Waals surface area (Å²) in [6, 6.07) is 5.33. The van der Waals surface area contributed by atoms with E-state index in [1.807, 2.05) is 0 Å². The van der Waals surface area contributed by atoms with Gasteiger partial charge in [0.25, 0.3) is 0 Å². The third-order valence-corrected chi connectivity index (χ3v) is 2.26. The molecule has 1 aromatic rings. The highest BCUT2D eigenvalue weighted by molar-refractivity contribution is 5.94. The lowest BCUT2D eigenvalue weighted by atomic mass is 10.2. The molecule has 3 N–H and O–H groups in total. The van der Waals surface area contributed by atoms with Crippen molar-refractivity contribution in [2.24, 2.45) is 5.73 Å². The van der Waals surface area contributed by atoms with Gasteiger partial charge in [0.05, 0.1) is 6.54 Å². The van der Waals surface area contributed by atoms with Crippen molar-refractivity contribution in [1.29, 1.82) is 0 Å². The number of primary amides is 1. The molecule has 0 aromatic heterocycles. The maximum absolute atomic E-state index is 11.3. The van der Waals surface area contributed by atoms with Crippen LogP contribution in [0, 0.1) is 0 Å². The molecule has 1 aliphatic rings. The van der Waals surface area contributed by atoms with Gasteiger partial charge in [-0.1, -0.05) is 6.07 Å². The summed E-state index contributed by atoms with van der Waals surface area (Å²) in [5, 5.41) is 2.35. The SMILES string of the molecule is NC(=O)CNC(=O)/C=C/c1ccc2c(c1)OCO2. The van der Waals surface area contributed by atoms with Crippen LogP contribution in [0.2, 0.25) is 0 Å². The second-order valence-corrected chi connectivity index (χ2v) is 3.63. The topological polar surface area (TPSA) is 90.7 Å². The van der Waals surface area contributed by atoms with Gasteiger partial charge in [-0.2, -0.15) is 0 Å². The highest BCUT2D eigenvalue weighted by Crippen LogP contribution is 2.32. The summed E-state index contributed by atoms with van der Waals surface area (Å²) in [5.41, 5.74) is 5.70. The van der Waals surface area contributed by atoms with Crippen LogP contribution in [-0.2, 0) is 9.59 Å².